The molecule has 1 amide bonds. The first-order valence-electron chi connectivity index (χ1n) is 7.53. The molecule has 3 rings (SSSR count). The van der Waals surface area contributed by atoms with Crippen molar-refractivity contribution in [3.05, 3.63) is 29.3 Å². The van der Waals surface area contributed by atoms with Crippen molar-refractivity contribution < 1.29 is 4.79 Å². The molecular formula is C16H21N3OS. The molecule has 1 aromatic carbocycles. The maximum Gasteiger partial charge on any atom is 0.236 e. The third-order valence-corrected chi connectivity index (χ3v) is 4.88. The number of carbonyl (C=O) groups excluding carboxylic acids is 1. The van der Waals surface area contributed by atoms with Crippen molar-refractivity contribution in [2.45, 2.75) is 25.8 Å². The predicted octanol–water partition coefficient (Wildman–Crippen LogP) is 2.74. The number of rotatable bonds is 4. The Bertz CT molecular complexity index is 586. The highest BCUT2D eigenvalue weighted by Crippen LogP contribution is 2.22. The summed E-state index contributed by atoms with van der Waals surface area (Å²) in [7, 11) is 1.99. The maximum atomic E-state index is 12.2. The van der Waals surface area contributed by atoms with Crippen LogP contribution in [0.2, 0.25) is 0 Å². The van der Waals surface area contributed by atoms with Gasteiger partial charge >= 0.3 is 0 Å². The molecule has 5 heteroatoms. The molecule has 1 aliphatic heterocycles. The Morgan fingerprint density at radius 1 is 1.29 bits per heavy atom. The number of likely N-dealkylation sites (tertiary alicyclic amines) is 1. The quantitative estimate of drug-likeness (QED) is 0.871. The second-order valence-corrected chi connectivity index (χ2v) is 6.80. The van der Waals surface area contributed by atoms with E-state index in [9.17, 15) is 4.79 Å². The zero-order chi connectivity index (χ0) is 14.7. The Morgan fingerprint density at radius 3 is 2.81 bits per heavy atom. The number of amides is 1. The van der Waals surface area contributed by atoms with Gasteiger partial charge in [-0.15, -0.1) is 11.3 Å². The van der Waals surface area contributed by atoms with Gasteiger partial charge in [0.05, 0.1) is 23.3 Å². The number of piperidine rings is 1. The molecule has 0 unspecified atom stereocenters. The molecule has 1 aromatic heterocycles. The van der Waals surface area contributed by atoms with Crippen LogP contribution in [0.1, 0.15) is 24.3 Å². The van der Waals surface area contributed by atoms with E-state index in [1.54, 1.807) is 11.3 Å². The Hall–Kier alpha value is -1.46. The molecule has 21 heavy (non-hydrogen) atoms. The molecule has 0 radical (unpaired) electrons. The first kappa shape index (κ1) is 14.5. The monoisotopic (exact) mass is 303 g/mol. The first-order chi connectivity index (χ1) is 10.2. The summed E-state index contributed by atoms with van der Waals surface area (Å²) in [5.74, 6) is 0.248. The van der Waals surface area contributed by atoms with E-state index in [2.05, 4.69) is 16.0 Å². The van der Waals surface area contributed by atoms with Gasteiger partial charge < -0.3 is 4.90 Å². The summed E-state index contributed by atoms with van der Waals surface area (Å²) in [5, 5.41) is 1.07. The average Bonchev–Trinajstić information content (AvgIpc) is 2.90. The summed E-state index contributed by atoms with van der Waals surface area (Å²) in [6.45, 7) is 3.07. The summed E-state index contributed by atoms with van der Waals surface area (Å²) >= 11 is 1.71. The first-order valence-corrected chi connectivity index (χ1v) is 8.35. The summed E-state index contributed by atoms with van der Waals surface area (Å²) in [6.07, 6.45) is 3.55. The topological polar surface area (TPSA) is 36.4 Å². The molecule has 1 saturated heterocycles. The lowest BCUT2D eigenvalue weighted by molar-refractivity contribution is -0.133. The standard InChI is InChI=1S/C16H21N3OS/c1-18(12-16(20)19-9-5-2-6-10-19)11-15-17-13-7-3-4-8-14(13)21-15/h3-4,7-8H,2,5-6,9-12H2,1H3. The van der Waals surface area contributed by atoms with Crippen LogP contribution in [0.15, 0.2) is 24.3 Å². The van der Waals surface area contributed by atoms with E-state index in [1.165, 1.54) is 11.1 Å². The van der Waals surface area contributed by atoms with Gasteiger partial charge in [-0.2, -0.15) is 0 Å². The third-order valence-electron chi connectivity index (χ3n) is 3.86. The molecule has 1 fully saturated rings. The highest BCUT2D eigenvalue weighted by atomic mass is 32.1. The Kier molecular flexibility index (Phi) is 4.51. The Morgan fingerprint density at radius 2 is 2.05 bits per heavy atom. The molecule has 0 aliphatic carbocycles. The number of para-hydroxylation sites is 1. The number of thiazole rings is 1. The Labute approximate surface area is 129 Å². The van der Waals surface area contributed by atoms with E-state index < -0.39 is 0 Å². The number of nitrogens with zero attached hydrogens (tertiary/aromatic N) is 3. The van der Waals surface area contributed by atoms with Gasteiger partial charge in [0, 0.05) is 13.1 Å². The van der Waals surface area contributed by atoms with Crippen LogP contribution in [0, 0.1) is 0 Å². The van der Waals surface area contributed by atoms with Crippen molar-refractivity contribution in [2.75, 3.05) is 26.7 Å². The zero-order valence-electron chi connectivity index (χ0n) is 12.4. The lowest BCUT2D eigenvalue weighted by Gasteiger charge is -2.28. The lowest BCUT2D eigenvalue weighted by atomic mass is 10.1. The second-order valence-electron chi connectivity index (χ2n) is 5.69. The summed E-state index contributed by atoms with van der Waals surface area (Å²) < 4.78 is 1.21. The SMILES string of the molecule is CN(CC(=O)N1CCCCC1)Cc1nc2ccccc2s1. The number of carbonyl (C=O) groups is 1. The van der Waals surface area contributed by atoms with Crippen LogP contribution in [0.5, 0.6) is 0 Å². The zero-order valence-corrected chi connectivity index (χ0v) is 13.2. The van der Waals surface area contributed by atoms with Crippen molar-refractivity contribution in [3.63, 3.8) is 0 Å². The molecule has 4 nitrogen and oxygen atoms in total. The molecule has 0 saturated carbocycles. The van der Waals surface area contributed by atoms with Gasteiger partial charge in [0.25, 0.3) is 0 Å². The van der Waals surface area contributed by atoms with Crippen molar-refractivity contribution in [3.8, 4) is 0 Å². The van der Waals surface area contributed by atoms with Gasteiger partial charge in [-0.1, -0.05) is 12.1 Å². The molecule has 0 bridgehead atoms. The minimum absolute atomic E-state index is 0.248. The van der Waals surface area contributed by atoms with Gasteiger partial charge in [0.2, 0.25) is 5.91 Å². The van der Waals surface area contributed by atoms with Gasteiger partial charge in [-0.3, -0.25) is 9.69 Å². The van der Waals surface area contributed by atoms with Crippen LogP contribution in [0.3, 0.4) is 0 Å². The van der Waals surface area contributed by atoms with Crippen LogP contribution in [0.4, 0.5) is 0 Å². The number of hydrogen-bond acceptors (Lipinski definition) is 4. The van der Waals surface area contributed by atoms with Gasteiger partial charge in [-0.25, -0.2) is 4.98 Å². The fourth-order valence-electron chi connectivity index (χ4n) is 2.75. The molecule has 1 aliphatic rings. The van der Waals surface area contributed by atoms with Gasteiger partial charge in [-0.05, 0) is 38.4 Å². The van der Waals surface area contributed by atoms with E-state index in [-0.39, 0.29) is 5.91 Å². The lowest BCUT2D eigenvalue weighted by Crippen LogP contribution is -2.41. The number of fused-ring (bicyclic) bond motifs is 1. The largest absolute Gasteiger partial charge is 0.342 e. The normalized spacial score (nSPS) is 15.8. The molecule has 2 heterocycles. The van der Waals surface area contributed by atoms with Crippen LogP contribution in [-0.2, 0) is 11.3 Å². The van der Waals surface area contributed by atoms with Crippen molar-refractivity contribution >= 4 is 27.5 Å². The number of aromatic nitrogens is 1. The van der Waals surface area contributed by atoms with Crippen LogP contribution < -0.4 is 0 Å². The van der Waals surface area contributed by atoms with E-state index >= 15 is 0 Å². The van der Waals surface area contributed by atoms with Crippen molar-refractivity contribution in [2.24, 2.45) is 0 Å². The Balaban J connectivity index is 1.57. The average molecular weight is 303 g/mol. The molecule has 0 N–H and O–H groups in total. The van der Waals surface area contributed by atoms with Gasteiger partial charge in [0.15, 0.2) is 0 Å². The van der Waals surface area contributed by atoms with Gasteiger partial charge in [0.1, 0.15) is 5.01 Å². The molecule has 2 aromatic rings. The number of likely N-dealkylation sites (N-methyl/N-ethyl adjacent to an activating group) is 1. The fourth-order valence-corrected chi connectivity index (χ4v) is 3.80. The summed E-state index contributed by atoms with van der Waals surface area (Å²) in [5.41, 5.74) is 1.05. The van der Waals surface area contributed by atoms with E-state index in [1.807, 2.05) is 30.1 Å². The minimum Gasteiger partial charge on any atom is -0.342 e. The maximum absolute atomic E-state index is 12.2. The van der Waals surface area contributed by atoms with E-state index in [0.29, 0.717) is 6.54 Å². The summed E-state index contributed by atoms with van der Waals surface area (Å²) in [6, 6.07) is 8.17. The highest BCUT2D eigenvalue weighted by molar-refractivity contribution is 7.18. The van der Waals surface area contributed by atoms with Crippen LogP contribution in [0.25, 0.3) is 10.2 Å². The number of benzene rings is 1. The van der Waals surface area contributed by atoms with Crippen molar-refractivity contribution in [1.29, 1.82) is 0 Å². The second kappa shape index (κ2) is 6.54. The number of hydrogen-bond donors (Lipinski definition) is 0. The molecule has 112 valence electrons. The molecule has 0 atom stereocenters. The fraction of sp³-hybridized carbons (Fsp3) is 0.500. The predicted molar refractivity (Wildman–Crippen MR) is 86.4 cm³/mol. The minimum atomic E-state index is 0.248. The van der Waals surface area contributed by atoms with Crippen LogP contribution >= 0.6 is 11.3 Å². The van der Waals surface area contributed by atoms with Crippen molar-refractivity contribution in [1.82, 2.24) is 14.8 Å². The van der Waals surface area contributed by atoms with E-state index in [0.717, 1.165) is 43.0 Å². The molecule has 0 spiro atoms. The molecular weight excluding hydrogens is 282 g/mol. The summed E-state index contributed by atoms with van der Waals surface area (Å²) in [4.78, 5) is 20.9. The third kappa shape index (κ3) is 3.60. The smallest absolute Gasteiger partial charge is 0.236 e. The van der Waals surface area contributed by atoms with E-state index in [4.69, 9.17) is 0 Å². The highest BCUT2D eigenvalue weighted by Gasteiger charge is 2.18. The van der Waals surface area contributed by atoms with Crippen LogP contribution in [-0.4, -0.2) is 47.4 Å².